The van der Waals surface area contributed by atoms with E-state index < -0.39 is 5.97 Å². The van der Waals surface area contributed by atoms with Crippen molar-refractivity contribution in [1.82, 2.24) is 0 Å². The minimum Gasteiger partial charge on any atom is -0.507 e. The van der Waals surface area contributed by atoms with Crippen LogP contribution in [0.3, 0.4) is 0 Å². The van der Waals surface area contributed by atoms with Crippen molar-refractivity contribution in [2.75, 3.05) is 13.2 Å². The van der Waals surface area contributed by atoms with Gasteiger partial charge in [-0.05, 0) is 102 Å². The van der Waals surface area contributed by atoms with Crippen LogP contribution < -0.4 is 14.2 Å². The Hall–Kier alpha value is -3.55. The van der Waals surface area contributed by atoms with Crippen LogP contribution in [0.5, 0.6) is 23.0 Å². The van der Waals surface area contributed by atoms with Gasteiger partial charge in [-0.25, -0.2) is 0 Å². The Labute approximate surface area is 242 Å². The van der Waals surface area contributed by atoms with Gasteiger partial charge in [-0.3, -0.25) is 14.4 Å². The Morgan fingerprint density at radius 1 is 0.927 bits per heavy atom. The van der Waals surface area contributed by atoms with Gasteiger partial charge < -0.3 is 24.4 Å². The molecule has 2 aromatic carbocycles. The molecular weight excluding hydrogens is 524 g/mol. The molecule has 0 aromatic heterocycles. The van der Waals surface area contributed by atoms with Crippen molar-refractivity contribution in [3.63, 3.8) is 0 Å². The lowest BCUT2D eigenvalue weighted by molar-refractivity contribution is -0.144. The number of ether oxygens (including phenoxy) is 3. The number of aryl methyl sites for hydroxylation is 1. The summed E-state index contributed by atoms with van der Waals surface area (Å²) in [4.78, 5) is 35.5. The van der Waals surface area contributed by atoms with E-state index in [-0.39, 0.29) is 28.8 Å². The second-order valence-electron chi connectivity index (χ2n) is 11.4. The highest BCUT2D eigenvalue weighted by atomic mass is 16.5. The van der Waals surface area contributed by atoms with Crippen LogP contribution in [0.1, 0.15) is 110 Å². The topological polar surface area (TPSA) is 119 Å². The first kappa shape index (κ1) is 30.4. The summed E-state index contributed by atoms with van der Waals surface area (Å²) in [6.45, 7) is 5.92. The average Bonchev–Trinajstić information content (AvgIpc) is 2.93. The average molecular weight is 567 g/mol. The van der Waals surface area contributed by atoms with E-state index in [0.717, 1.165) is 62.7 Å². The van der Waals surface area contributed by atoms with Gasteiger partial charge in [0.25, 0.3) is 0 Å². The molecule has 1 fully saturated rings. The normalized spacial score (nSPS) is 19.7. The Morgan fingerprint density at radius 2 is 1.59 bits per heavy atom. The molecule has 1 heterocycles. The zero-order valence-corrected chi connectivity index (χ0v) is 24.4. The van der Waals surface area contributed by atoms with Crippen LogP contribution in [0, 0.1) is 5.92 Å². The molecule has 2 aliphatic rings. The third kappa shape index (κ3) is 7.21. The molecule has 4 rings (SSSR count). The molecule has 8 nitrogen and oxygen atoms in total. The fourth-order valence-electron chi connectivity index (χ4n) is 5.95. The first-order chi connectivity index (χ1) is 19.6. The molecule has 41 heavy (non-hydrogen) atoms. The quantitative estimate of drug-likeness (QED) is 0.203. The van der Waals surface area contributed by atoms with E-state index in [1.54, 1.807) is 12.1 Å². The van der Waals surface area contributed by atoms with Gasteiger partial charge in [0.1, 0.15) is 28.6 Å². The van der Waals surface area contributed by atoms with Crippen LogP contribution in [-0.2, 0) is 17.6 Å². The molecule has 222 valence electrons. The van der Waals surface area contributed by atoms with E-state index in [1.165, 1.54) is 13.8 Å². The molecule has 1 aliphatic heterocycles. The number of phenols is 1. The molecule has 1 aliphatic carbocycles. The monoisotopic (exact) mass is 566 g/mol. The second kappa shape index (κ2) is 13.4. The minimum atomic E-state index is -0.728. The first-order valence-corrected chi connectivity index (χ1v) is 14.8. The number of ketones is 2. The van der Waals surface area contributed by atoms with E-state index in [2.05, 4.69) is 0 Å². The summed E-state index contributed by atoms with van der Waals surface area (Å²) < 4.78 is 18.5. The van der Waals surface area contributed by atoms with Gasteiger partial charge in [-0.15, -0.1) is 0 Å². The SMILES string of the molecule is CCCc1c(OCCCCCOc2cc3c(cc2C(C)=O)CCC2(CCC(C(=O)O)CC2)O3)ccc(C(C)=O)c1O. The first-order valence-electron chi connectivity index (χ1n) is 14.8. The van der Waals surface area contributed by atoms with Crippen molar-refractivity contribution in [2.24, 2.45) is 5.92 Å². The number of carboxylic acid groups (broad SMARTS) is 1. The molecule has 0 saturated heterocycles. The number of phenolic OH excluding ortho intramolecular Hbond substituents is 1. The molecule has 0 atom stereocenters. The largest absolute Gasteiger partial charge is 0.507 e. The number of hydrogen-bond donors (Lipinski definition) is 2. The number of carbonyl (C=O) groups excluding carboxylic acids is 2. The number of Topliss-reactive ketones (excluding diaryl/α,β-unsaturated/α-hetero) is 2. The summed E-state index contributed by atoms with van der Waals surface area (Å²) in [6.07, 6.45) is 8.16. The zero-order valence-electron chi connectivity index (χ0n) is 24.4. The number of unbranched alkanes of at least 4 members (excludes halogenated alkanes) is 2. The van der Waals surface area contributed by atoms with Crippen LogP contribution >= 0.6 is 0 Å². The van der Waals surface area contributed by atoms with Gasteiger partial charge in [0, 0.05) is 11.6 Å². The number of hydrogen-bond acceptors (Lipinski definition) is 7. The lowest BCUT2D eigenvalue weighted by atomic mass is 9.74. The highest BCUT2D eigenvalue weighted by Crippen LogP contribution is 2.45. The Bertz CT molecular complexity index is 1270. The summed E-state index contributed by atoms with van der Waals surface area (Å²) >= 11 is 0. The summed E-state index contributed by atoms with van der Waals surface area (Å²) in [7, 11) is 0. The van der Waals surface area contributed by atoms with Crippen LogP contribution in [-0.4, -0.2) is 46.6 Å². The Kier molecular flexibility index (Phi) is 9.94. The van der Waals surface area contributed by atoms with Crippen LogP contribution in [0.2, 0.25) is 0 Å². The summed E-state index contributed by atoms with van der Waals surface area (Å²) in [5.74, 6) is 0.627. The zero-order chi connectivity index (χ0) is 29.6. The van der Waals surface area contributed by atoms with E-state index >= 15 is 0 Å². The fourth-order valence-corrected chi connectivity index (χ4v) is 5.95. The van der Waals surface area contributed by atoms with Gasteiger partial charge in [0.15, 0.2) is 11.6 Å². The maximum absolute atomic E-state index is 12.4. The van der Waals surface area contributed by atoms with Crippen molar-refractivity contribution in [2.45, 2.75) is 97.0 Å². The number of aliphatic carboxylic acids is 1. The maximum atomic E-state index is 12.4. The van der Waals surface area contributed by atoms with Gasteiger partial charge in [0.05, 0.1) is 30.3 Å². The van der Waals surface area contributed by atoms with Gasteiger partial charge in [-0.2, -0.15) is 0 Å². The standard InChI is InChI=1S/C33H42O8/c1-4-8-26-28(10-9-25(21(2)34)31(26)36)39-17-6-5-7-18-40-30-20-29-24(19-27(30)22(3)35)13-16-33(41-29)14-11-23(12-15-33)32(37)38/h9-10,19-20,23,36H,4-8,11-18H2,1-3H3,(H,37,38). The molecule has 0 amide bonds. The van der Waals surface area contributed by atoms with Gasteiger partial charge in [0.2, 0.25) is 0 Å². The Morgan fingerprint density at radius 3 is 2.20 bits per heavy atom. The fraction of sp³-hybridized carbons (Fsp3) is 0.545. The number of rotatable bonds is 13. The van der Waals surface area contributed by atoms with Crippen LogP contribution in [0.15, 0.2) is 24.3 Å². The smallest absolute Gasteiger partial charge is 0.306 e. The minimum absolute atomic E-state index is 0.0133. The van der Waals surface area contributed by atoms with E-state index in [4.69, 9.17) is 14.2 Å². The molecule has 2 aromatic rings. The second-order valence-corrected chi connectivity index (χ2v) is 11.4. The van der Waals surface area contributed by atoms with Crippen molar-refractivity contribution in [3.8, 4) is 23.0 Å². The molecule has 0 unspecified atom stereocenters. The summed E-state index contributed by atoms with van der Waals surface area (Å²) in [5.41, 5.74) is 2.20. The van der Waals surface area contributed by atoms with Gasteiger partial charge in [-0.1, -0.05) is 13.3 Å². The highest BCUT2D eigenvalue weighted by molar-refractivity contribution is 5.98. The van der Waals surface area contributed by atoms with Crippen molar-refractivity contribution < 1.29 is 38.8 Å². The predicted molar refractivity (Wildman–Crippen MR) is 155 cm³/mol. The van der Waals surface area contributed by atoms with Crippen molar-refractivity contribution in [1.29, 1.82) is 0 Å². The van der Waals surface area contributed by atoms with Crippen molar-refractivity contribution >= 4 is 17.5 Å². The molecule has 0 bridgehead atoms. The highest BCUT2D eigenvalue weighted by Gasteiger charge is 2.42. The van der Waals surface area contributed by atoms with Crippen LogP contribution in [0.25, 0.3) is 0 Å². The molecule has 2 N–H and O–H groups in total. The number of carbonyl (C=O) groups is 3. The summed E-state index contributed by atoms with van der Waals surface area (Å²) in [6, 6.07) is 7.09. The van der Waals surface area contributed by atoms with Crippen LogP contribution in [0.4, 0.5) is 0 Å². The number of benzene rings is 2. The Balaban J connectivity index is 1.30. The van der Waals surface area contributed by atoms with Crippen molar-refractivity contribution in [3.05, 3.63) is 46.5 Å². The van der Waals surface area contributed by atoms with Gasteiger partial charge >= 0.3 is 5.97 Å². The predicted octanol–water partition coefficient (Wildman–Crippen LogP) is 6.72. The molecule has 0 radical (unpaired) electrons. The third-order valence-corrected chi connectivity index (χ3v) is 8.39. The lowest BCUT2D eigenvalue weighted by Crippen LogP contribution is -2.44. The third-order valence-electron chi connectivity index (χ3n) is 8.39. The molecule has 8 heteroatoms. The van der Waals surface area contributed by atoms with E-state index in [9.17, 15) is 24.6 Å². The molecule has 1 spiro atoms. The molecule has 1 saturated carbocycles. The summed E-state index contributed by atoms with van der Waals surface area (Å²) in [5, 5.41) is 19.9. The van der Waals surface area contributed by atoms with E-state index in [1.807, 2.05) is 19.1 Å². The van der Waals surface area contributed by atoms with E-state index in [0.29, 0.717) is 60.7 Å². The lowest BCUT2D eigenvalue weighted by Gasteiger charge is -2.43. The number of aromatic hydroxyl groups is 1. The molecular formula is C33H42O8. The maximum Gasteiger partial charge on any atom is 0.306 e. The number of carboxylic acids is 1. The number of fused-ring (bicyclic) bond motifs is 1.